The summed E-state index contributed by atoms with van der Waals surface area (Å²) in [5.74, 6) is 1.74. The molecule has 0 radical (unpaired) electrons. The zero-order valence-corrected chi connectivity index (χ0v) is 10.3. The normalized spacial score (nSPS) is 17.6. The fourth-order valence-electron chi connectivity index (χ4n) is 1.91. The summed E-state index contributed by atoms with van der Waals surface area (Å²) in [6, 6.07) is 8.10. The first kappa shape index (κ1) is 10.5. The van der Waals surface area contributed by atoms with E-state index in [9.17, 15) is 0 Å². The lowest BCUT2D eigenvalue weighted by Crippen LogP contribution is -2.05. The Morgan fingerprint density at radius 1 is 1.47 bits per heavy atom. The Kier molecular flexibility index (Phi) is 2.68. The summed E-state index contributed by atoms with van der Waals surface area (Å²) in [5.41, 5.74) is 1.23. The van der Waals surface area contributed by atoms with Crippen molar-refractivity contribution in [3.63, 3.8) is 0 Å². The van der Waals surface area contributed by atoms with Crippen LogP contribution in [0.2, 0.25) is 0 Å². The number of nitrogens with one attached hydrogen (secondary N) is 1. The molecule has 0 spiro atoms. The van der Waals surface area contributed by atoms with Crippen LogP contribution < -0.4 is 10.1 Å². The summed E-state index contributed by atoms with van der Waals surface area (Å²) in [4.78, 5) is 4.44. The summed E-state index contributed by atoms with van der Waals surface area (Å²) in [5, 5.41) is 4.02. The van der Waals surface area contributed by atoms with Crippen molar-refractivity contribution in [1.29, 1.82) is 0 Å². The largest absolute Gasteiger partial charge is 0.482 e. The predicted molar refractivity (Wildman–Crippen MR) is 67.6 cm³/mol. The molecule has 0 bridgehead atoms. The number of hydrogen-bond acceptors (Lipinski definition) is 5. The minimum Gasteiger partial charge on any atom is -0.482 e. The first-order valence-electron chi connectivity index (χ1n) is 5.69. The van der Waals surface area contributed by atoms with Gasteiger partial charge in [0.25, 0.3) is 0 Å². The molecule has 0 fully saturated rings. The van der Waals surface area contributed by atoms with Crippen LogP contribution in [-0.4, -0.2) is 15.9 Å². The molecule has 0 saturated carbocycles. The van der Waals surface area contributed by atoms with Gasteiger partial charge >= 0.3 is 0 Å². The molecule has 1 aliphatic rings. The summed E-state index contributed by atoms with van der Waals surface area (Å²) < 4.78 is 10.2. The van der Waals surface area contributed by atoms with Crippen molar-refractivity contribution < 1.29 is 4.74 Å². The van der Waals surface area contributed by atoms with Gasteiger partial charge in [-0.25, -0.2) is 0 Å². The van der Waals surface area contributed by atoms with E-state index >= 15 is 0 Å². The molecule has 1 atom stereocenters. The van der Waals surface area contributed by atoms with Crippen molar-refractivity contribution in [3.05, 3.63) is 35.7 Å². The van der Waals surface area contributed by atoms with Crippen LogP contribution in [0.3, 0.4) is 0 Å². The van der Waals surface area contributed by atoms with Gasteiger partial charge in [-0.15, -0.1) is 0 Å². The van der Waals surface area contributed by atoms with Crippen molar-refractivity contribution in [2.24, 2.45) is 0 Å². The topological polar surface area (TPSA) is 47.0 Å². The molecule has 0 aliphatic carbocycles. The van der Waals surface area contributed by atoms with E-state index in [1.165, 1.54) is 17.1 Å². The molecule has 17 heavy (non-hydrogen) atoms. The highest BCUT2D eigenvalue weighted by molar-refractivity contribution is 7.09. The van der Waals surface area contributed by atoms with Crippen LogP contribution in [0.4, 0.5) is 5.13 Å². The van der Waals surface area contributed by atoms with Gasteiger partial charge in [0.15, 0.2) is 11.9 Å². The molecule has 1 aromatic heterocycles. The van der Waals surface area contributed by atoms with Crippen LogP contribution in [0.25, 0.3) is 0 Å². The quantitative estimate of drug-likeness (QED) is 0.905. The minimum absolute atomic E-state index is 0.0314. The number of ether oxygens (including phenoxy) is 1. The van der Waals surface area contributed by atoms with Crippen LogP contribution in [0.1, 0.15) is 24.4 Å². The van der Waals surface area contributed by atoms with Gasteiger partial charge in [0.2, 0.25) is 5.13 Å². The second-order valence-electron chi connectivity index (χ2n) is 3.91. The van der Waals surface area contributed by atoms with Crippen molar-refractivity contribution in [2.45, 2.75) is 19.4 Å². The number of anilines is 1. The van der Waals surface area contributed by atoms with Crippen molar-refractivity contribution in [1.82, 2.24) is 9.36 Å². The molecule has 1 unspecified atom stereocenters. The Bertz CT molecular complexity index is 501. The van der Waals surface area contributed by atoms with Gasteiger partial charge in [-0.2, -0.15) is 9.36 Å². The summed E-state index contributed by atoms with van der Waals surface area (Å²) in [6.07, 6.45) is 0.828. The van der Waals surface area contributed by atoms with Gasteiger partial charge in [0.05, 0.1) is 0 Å². The lowest BCUT2D eigenvalue weighted by Gasteiger charge is -2.05. The Morgan fingerprint density at radius 3 is 3.18 bits per heavy atom. The number of hydrogen-bond donors (Lipinski definition) is 1. The van der Waals surface area contributed by atoms with Crippen LogP contribution >= 0.6 is 11.5 Å². The Balaban J connectivity index is 1.79. The van der Waals surface area contributed by atoms with Gasteiger partial charge < -0.3 is 10.1 Å². The molecule has 3 rings (SSSR count). The highest BCUT2D eigenvalue weighted by Gasteiger charge is 2.27. The van der Waals surface area contributed by atoms with Crippen LogP contribution in [0, 0.1) is 0 Å². The van der Waals surface area contributed by atoms with E-state index in [1.54, 1.807) is 0 Å². The molecule has 2 aromatic rings. The van der Waals surface area contributed by atoms with E-state index in [4.69, 9.17) is 4.74 Å². The second-order valence-corrected chi connectivity index (χ2v) is 4.66. The Hall–Kier alpha value is -1.62. The third-order valence-electron chi connectivity index (χ3n) is 2.70. The molecule has 1 aromatic carbocycles. The summed E-state index contributed by atoms with van der Waals surface area (Å²) >= 11 is 1.39. The predicted octanol–water partition coefficient (Wildman–Crippen LogP) is 2.65. The second kappa shape index (κ2) is 4.33. The molecule has 2 heterocycles. The van der Waals surface area contributed by atoms with E-state index in [0.717, 1.165) is 29.7 Å². The van der Waals surface area contributed by atoms with E-state index < -0.39 is 0 Å². The fraction of sp³-hybridized carbons (Fsp3) is 0.333. The number of para-hydroxylation sites is 1. The Labute approximate surface area is 104 Å². The van der Waals surface area contributed by atoms with Crippen LogP contribution in [-0.2, 0) is 6.42 Å². The molecule has 1 N–H and O–H groups in total. The van der Waals surface area contributed by atoms with Gasteiger partial charge in [0, 0.05) is 24.5 Å². The van der Waals surface area contributed by atoms with E-state index in [1.807, 2.05) is 25.1 Å². The molecule has 88 valence electrons. The number of nitrogens with zero attached hydrogens (tertiary/aromatic N) is 2. The zero-order valence-electron chi connectivity index (χ0n) is 9.51. The van der Waals surface area contributed by atoms with Gasteiger partial charge in [-0.1, -0.05) is 18.2 Å². The monoisotopic (exact) mass is 247 g/mol. The lowest BCUT2D eigenvalue weighted by atomic mass is 10.1. The smallest absolute Gasteiger partial charge is 0.202 e. The molecule has 5 heteroatoms. The van der Waals surface area contributed by atoms with Gasteiger partial charge in [-0.3, -0.25) is 0 Å². The average Bonchev–Trinajstić information content (AvgIpc) is 2.94. The maximum Gasteiger partial charge on any atom is 0.202 e. The molecule has 4 nitrogen and oxygen atoms in total. The molecular formula is C12H13N3OS. The van der Waals surface area contributed by atoms with Crippen LogP contribution in [0.15, 0.2) is 24.3 Å². The third-order valence-corrected chi connectivity index (χ3v) is 3.39. The first-order valence-corrected chi connectivity index (χ1v) is 6.46. The molecule has 0 amide bonds. The third kappa shape index (κ3) is 1.98. The molecule has 1 aliphatic heterocycles. The highest BCUT2D eigenvalue weighted by atomic mass is 32.1. The minimum atomic E-state index is -0.0314. The van der Waals surface area contributed by atoms with E-state index in [2.05, 4.69) is 20.7 Å². The zero-order chi connectivity index (χ0) is 11.7. The van der Waals surface area contributed by atoms with Gasteiger partial charge in [0.1, 0.15) is 5.75 Å². The number of benzene rings is 1. The summed E-state index contributed by atoms with van der Waals surface area (Å²) in [7, 11) is 0. The van der Waals surface area contributed by atoms with Crippen LogP contribution in [0.5, 0.6) is 5.75 Å². The standard InChI is InChI=1S/C12H13N3OS/c1-2-13-12-14-11(15-17-12)10-7-8-5-3-4-6-9(8)16-10/h3-6,10H,2,7H2,1H3,(H,13,14,15). The number of fused-ring (bicyclic) bond motifs is 1. The van der Waals surface area contributed by atoms with Crippen molar-refractivity contribution in [2.75, 3.05) is 11.9 Å². The average molecular weight is 247 g/mol. The SMILES string of the molecule is CCNc1nc(C2Cc3ccccc3O2)ns1. The summed E-state index contributed by atoms with van der Waals surface area (Å²) in [6.45, 7) is 2.91. The molecular weight excluding hydrogens is 234 g/mol. The Morgan fingerprint density at radius 2 is 2.35 bits per heavy atom. The first-order chi connectivity index (χ1) is 8.36. The maximum absolute atomic E-state index is 5.84. The lowest BCUT2D eigenvalue weighted by molar-refractivity contribution is 0.229. The fourth-order valence-corrected chi connectivity index (χ4v) is 2.60. The maximum atomic E-state index is 5.84. The van der Waals surface area contributed by atoms with Crippen molar-refractivity contribution in [3.8, 4) is 5.75 Å². The van der Waals surface area contributed by atoms with Crippen molar-refractivity contribution >= 4 is 16.7 Å². The van der Waals surface area contributed by atoms with Gasteiger partial charge in [-0.05, 0) is 18.6 Å². The number of aromatic nitrogens is 2. The molecule has 0 saturated heterocycles. The van der Waals surface area contributed by atoms with E-state index in [-0.39, 0.29) is 6.10 Å². The van der Waals surface area contributed by atoms with E-state index in [0.29, 0.717) is 0 Å². The highest BCUT2D eigenvalue weighted by Crippen LogP contribution is 2.35. The number of rotatable bonds is 3.